The van der Waals surface area contributed by atoms with Gasteiger partial charge in [-0.15, -0.1) is 0 Å². The lowest BCUT2D eigenvalue weighted by atomic mass is 9.76. The van der Waals surface area contributed by atoms with Crippen LogP contribution in [0.1, 0.15) is 39.5 Å². The summed E-state index contributed by atoms with van der Waals surface area (Å²) in [6.07, 6.45) is 3.76. The number of rotatable bonds is 2. The van der Waals surface area contributed by atoms with Gasteiger partial charge < -0.3 is 10.5 Å². The van der Waals surface area contributed by atoms with Crippen molar-refractivity contribution in [3.8, 4) is 0 Å². The van der Waals surface area contributed by atoms with E-state index in [9.17, 15) is 4.79 Å². The minimum Gasteiger partial charge on any atom is -0.446 e. The number of amides is 1. The van der Waals surface area contributed by atoms with E-state index in [-0.39, 0.29) is 12.2 Å². The molecule has 1 aliphatic carbocycles. The van der Waals surface area contributed by atoms with Crippen molar-refractivity contribution < 1.29 is 9.53 Å². The second-order valence-electron chi connectivity index (χ2n) is 6.02. The van der Waals surface area contributed by atoms with E-state index in [1.807, 2.05) is 0 Å². The number of nitrogens with one attached hydrogen (secondary N) is 1. The fraction of sp³-hybridized carbons (Fsp3) is 0.533. The number of benzene rings is 1. The number of nitrogens with two attached hydrogens (primary N) is 1. The molecule has 104 valence electrons. The second kappa shape index (κ2) is 5.51. The SMILES string of the molecule is CC1(C)CCC(OC(=O)Nc2ccc(N)cc2)CC1. The van der Waals surface area contributed by atoms with Crippen LogP contribution >= 0.6 is 0 Å². The third kappa shape index (κ3) is 4.16. The van der Waals surface area contributed by atoms with E-state index in [2.05, 4.69) is 19.2 Å². The van der Waals surface area contributed by atoms with Crippen molar-refractivity contribution in [2.75, 3.05) is 11.1 Å². The molecule has 4 nitrogen and oxygen atoms in total. The Hall–Kier alpha value is -1.71. The van der Waals surface area contributed by atoms with Crippen molar-refractivity contribution in [2.45, 2.75) is 45.6 Å². The van der Waals surface area contributed by atoms with E-state index < -0.39 is 0 Å². The molecule has 1 saturated carbocycles. The number of hydrogen-bond acceptors (Lipinski definition) is 3. The molecular formula is C15H22N2O2. The van der Waals surface area contributed by atoms with Crippen molar-refractivity contribution in [2.24, 2.45) is 5.41 Å². The molecule has 1 aromatic carbocycles. The summed E-state index contributed by atoms with van der Waals surface area (Å²) in [5.74, 6) is 0. The van der Waals surface area contributed by atoms with Crippen LogP contribution in [0.5, 0.6) is 0 Å². The molecule has 2 rings (SSSR count). The summed E-state index contributed by atoms with van der Waals surface area (Å²) in [4.78, 5) is 11.8. The first-order valence-corrected chi connectivity index (χ1v) is 6.78. The summed E-state index contributed by atoms with van der Waals surface area (Å²) in [6, 6.07) is 7.03. The Morgan fingerprint density at radius 1 is 1.26 bits per heavy atom. The van der Waals surface area contributed by atoms with Gasteiger partial charge in [0.15, 0.2) is 0 Å². The van der Waals surface area contributed by atoms with Crippen LogP contribution in [0.2, 0.25) is 0 Å². The van der Waals surface area contributed by atoms with Crippen LogP contribution < -0.4 is 11.1 Å². The maximum absolute atomic E-state index is 11.8. The summed E-state index contributed by atoms with van der Waals surface area (Å²) in [6.45, 7) is 4.52. The third-order valence-corrected chi connectivity index (χ3v) is 3.72. The zero-order chi connectivity index (χ0) is 13.9. The molecule has 0 aliphatic heterocycles. The molecule has 1 aliphatic rings. The minimum absolute atomic E-state index is 0.0433. The standard InChI is InChI=1S/C15H22N2O2/c1-15(2)9-7-13(8-10-15)19-14(18)17-12-5-3-11(16)4-6-12/h3-6,13H,7-10,16H2,1-2H3,(H,17,18). The Bertz CT molecular complexity index is 430. The average Bonchev–Trinajstić information content (AvgIpc) is 2.35. The Kier molecular flexibility index (Phi) is 3.98. The maximum atomic E-state index is 11.8. The lowest BCUT2D eigenvalue weighted by molar-refractivity contribution is 0.0563. The van der Waals surface area contributed by atoms with Crippen molar-refractivity contribution in [1.29, 1.82) is 0 Å². The molecule has 1 aromatic rings. The molecule has 0 heterocycles. The molecular weight excluding hydrogens is 240 g/mol. The van der Waals surface area contributed by atoms with Gasteiger partial charge in [-0.1, -0.05) is 13.8 Å². The van der Waals surface area contributed by atoms with Crippen LogP contribution in [0, 0.1) is 5.41 Å². The average molecular weight is 262 g/mol. The Morgan fingerprint density at radius 2 is 1.84 bits per heavy atom. The molecule has 0 spiro atoms. The lowest BCUT2D eigenvalue weighted by Crippen LogP contribution is -2.29. The quantitative estimate of drug-likeness (QED) is 0.797. The maximum Gasteiger partial charge on any atom is 0.411 e. The third-order valence-electron chi connectivity index (χ3n) is 3.72. The number of nitrogen functional groups attached to an aromatic ring is 1. The van der Waals surface area contributed by atoms with Gasteiger partial charge in [0.1, 0.15) is 6.10 Å². The van der Waals surface area contributed by atoms with Gasteiger partial charge in [-0.2, -0.15) is 0 Å². The van der Waals surface area contributed by atoms with E-state index in [0.29, 0.717) is 16.8 Å². The molecule has 0 unspecified atom stereocenters. The van der Waals surface area contributed by atoms with E-state index >= 15 is 0 Å². The number of anilines is 2. The first-order valence-electron chi connectivity index (χ1n) is 6.78. The van der Waals surface area contributed by atoms with Gasteiger partial charge in [-0.05, 0) is 55.4 Å². The molecule has 1 fully saturated rings. The van der Waals surface area contributed by atoms with Crippen LogP contribution in [-0.2, 0) is 4.74 Å². The molecule has 0 aromatic heterocycles. The van der Waals surface area contributed by atoms with Gasteiger partial charge in [0.2, 0.25) is 0 Å². The molecule has 0 saturated heterocycles. The molecule has 19 heavy (non-hydrogen) atoms. The van der Waals surface area contributed by atoms with Gasteiger partial charge in [-0.25, -0.2) is 4.79 Å². The number of carbonyl (C=O) groups excluding carboxylic acids is 1. The summed E-state index contributed by atoms with van der Waals surface area (Å²) in [5, 5.41) is 2.72. The highest BCUT2D eigenvalue weighted by Crippen LogP contribution is 2.36. The molecule has 0 bridgehead atoms. The first kappa shape index (κ1) is 13.7. The van der Waals surface area contributed by atoms with Crippen LogP contribution in [0.3, 0.4) is 0 Å². The molecule has 1 amide bonds. The van der Waals surface area contributed by atoms with Crippen LogP contribution in [0.4, 0.5) is 16.2 Å². The number of hydrogen-bond donors (Lipinski definition) is 2. The summed E-state index contributed by atoms with van der Waals surface area (Å²) in [7, 11) is 0. The van der Waals surface area contributed by atoms with Crippen LogP contribution in [0.25, 0.3) is 0 Å². The van der Waals surface area contributed by atoms with Gasteiger partial charge in [-0.3, -0.25) is 5.32 Å². The lowest BCUT2D eigenvalue weighted by Gasteiger charge is -2.33. The largest absolute Gasteiger partial charge is 0.446 e. The van der Waals surface area contributed by atoms with Gasteiger partial charge >= 0.3 is 6.09 Å². The van der Waals surface area contributed by atoms with E-state index in [0.717, 1.165) is 25.7 Å². The van der Waals surface area contributed by atoms with Gasteiger partial charge in [0.25, 0.3) is 0 Å². The number of ether oxygens (including phenoxy) is 1. The Labute approximate surface area is 114 Å². The summed E-state index contributed by atoms with van der Waals surface area (Å²) in [5.41, 5.74) is 7.35. The normalized spacial score (nSPS) is 18.8. The predicted molar refractivity (Wildman–Crippen MR) is 77.0 cm³/mol. The molecule has 3 N–H and O–H groups in total. The molecule has 0 radical (unpaired) electrons. The topological polar surface area (TPSA) is 64.3 Å². The highest BCUT2D eigenvalue weighted by Gasteiger charge is 2.28. The fourth-order valence-corrected chi connectivity index (χ4v) is 2.36. The zero-order valence-electron chi connectivity index (χ0n) is 11.6. The van der Waals surface area contributed by atoms with Crippen molar-refractivity contribution >= 4 is 17.5 Å². The highest BCUT2D eigenvalue weighted by molar-refractivity contribution is 5.84. The fourth-order valence-electron chi connectivity index (χ4n) is 2.36. The Balaban J connectivity index is 1.80. The monoisotopic (exact) mass is 262 g/mol. The molecule has 4 heteroatoms. The smallest absolute Gasteiger partial charge is 0.411 e. The minimum atomic E-state index is -0.380. The summed E-state index contributed by atoms with van der Waals surface area (Å²) >= 11 is 0. The van der Waals surface area contributed by atoms with E-state index in [4.69, 9.17) is 10.5 Å². The van der Waals surface area contributed by atoms with Crippen molar-refractivity contribution in [3.05, 3.63) is 24.3 Å². The highest BCUT2D eigenvalue weighted by atomic mass is 16.6. The molecule has 0 atom stereocenters. The predicted octanol–water partition coefficient (Wildman–Crippen LogP) is 3.79. The van der Waals surface area contributed by atoms with E-state index in [1.54, 1.807) is 24.3 Å². The van der Waals surface area contributed by atoms with Crippen LogP contribution in [0.15, 0.2) is 24.3 Å². The van der Waals surface area contributed by atoms with E-state index in [1.165, 1.54) is 0 Å². The zero-order valence-corrected chi connectivity index (χ0v) is 11.6. The van der Waals surface area contributed by atoms with Crippen molar-refractivity contribution in [3.63, 3.8) is 0 Å². The Morgan fingerprint density at radius 3 is 2.42 bits per heavy atom. The van der Waals surface area contributed by atoms with Crippen molar-refractivity contribution in [1.82, 2.24) is 0 Å². The van der Waals surface area contributed by atoms with Gasteiger partial charge in [0.05, 0.1) is 0 Å². The summed E-state index contributed by atoms with van der Waals surface area (Å²) < 4.78 is 5.44. The number of carbonyl (C=O) groups is 1. The first-order chi connectivity index (χ1) is 8.94. The van der Waals surface area contributed by atoms with Gasteiger partial charge in [0, 0.05) is 11.4 Å². The second-order valence-corrected chi connectivity index (χ2v) is 6.02. The van der Waals surface area contributed by atoms with Crippen LogP contribution in [-0.4, -0.2) is 12.2 Å².